The highest BCUT2D eigenvalue weighted by Gasteiger charge is 2.23. The molecule has 3 N–H and O–H groups in total. The lowest BCUT2D eigenvalue weighted by molar-refractivity contribution is 0.0941. The largest absolute Gasteiger partial charge is 0.352 e. The topological polar surface area (TPSA) is 70.2 Å². The minimum absolute atomic E-state index is 0.0331. The van der Waals surface area contributed by atoms with Crippen LogP contribution in [0.5, 0.6) is 0 Å². The Labute approximate surface area is 160 Å². The van der Waals surface area contributed by atoms with E-state index in [1.54, 1.807) is 24.3 Å². The highest BCUT2D eigenvalue weighted by atomic mass is 35.5. The van der Waals surface area contributed by atoms with E-state index in [0.717, 1.165) is 38.8 Å². The van der Waals surface area contributed by atoms with Crippen LogP contribution in [0.2, 0.25) is 5.02 Å². The van der Waals surface area contributed by atoms with Crippen molar-refractivity contribution in [2.24, 2.45) is 17.8 Å². The molecule has 2 saturated carbocycles. The van der Waals surface area contributed by atoms with E-state index in [-0.39, 0.29) is 11.9 Å². The molecule has 0 bridgehead atoms. The zero-order chi connectivity index (χ0) is 18.4. The molecule has 0 unspecified atom stereocenters. The molecule has 0 radical (unpaired) electrons. The van der Waals surface area contributed by atoms with E-state index in [4.69, 9.17) is 11.6 Å². The van der Waals surface area contributed by atoms with Gasteiger partial charge in [-0.1, -0.05) is 11.6 Å². The Kier molecular flexibility index (Phi) is 6.78. The van der Waals surface area contributed by atoms with Crippen molar-refractivity contribution in [3.8, 4) is 0 Å². The summed E-state index contributed by atoms with van der Waals surface area (Å²) in [6.45, 7) is 2.27. The molecule has 6 heteroatoms. The van der Waals surface area contributed by atoms with Gasteiger partial charge in [0.15, 0.2) is 0 Å². The van der Waals surface area contributed by atoms with Gasteiger partial charge in [0.2, 0.25) is 0 Å². The minimum Gasteiger partial charge on any atom is -0.352 e. The first-order valence-corrected chi connectivity index (χ1v) is 10.0. The summed E-state index contributed by atoms with van der Waals surface area (Å²) in [6.07, 6.45) is 6.89. The van der Waals surface area contributed by atoms with Gasteiger partial charge in [-0.05, 0) is 80.5 Å². The average molecular weight is 378 g/mol. The molecule has 1 aromatic rings. The predicted octanol–water partition coefficient (Wildman–Crippen LogP) is 3.59. The second-order valence-corrected chi connectivity index (χ2v) is 8.07. The van der Waals surface area contributed by atoms with Gasteiger partial charge in [0.1, 0.15) is 0 Å². The van der Waals surface area contributed by atoms with Crippen LogP contribution in [0.3, 0.4) is 0 Å². The van der Waals surface area contributed by atoms with E-state index < -0.39 is 0 Å². The molecule has 142 valence electrons. The lowest BCUT2D eigenvalue weighted by atomic mass is 9.82. The van der Waals surface area contributed by atoms with Gasteiger partial charge in [0.25, 0.3) is 5.91 Å². The summed E-state index contributed by atoms with van der Waals surface area (Å²) < 4.78 is 0. The molecular weight excluding hydrogens is 350 g/mol. The summed E-state index contributed by atoms with van der Waals surface area (Å²) in [6, 6.07) is 6.92. The fourth-order valence-corrected chi connectivity index (χ4v) is 3.56. The van der Waals surface area contributed by atoms with Crippen molar-refractivity contribution < 1.29 is 9.59 Å². The molecule has 0 saturated heterocycles. The van der Waals surface area contributed by atoms with Gasteiger partial charge in [0.05, 0.1) is 0 Å². The molecule has 0 aliphatic heterocycles. The van der Waals surface area contributed by atoms with E-state index in [0.29, 0.717) is 34.9 Å². The Morgan fingerprint density at radius 1 is 0.769 bits per heavy atom. The van der Waals surface area contributed by atoms with E-state index >= 15 is 0 Å². The highest BCUT2D eigenvalue weighted by molar-refractivity contribution is 6.30. The maximum absolute atomic E-state index is 12.1. The van der Waals surface area contributed by atoms with Crippen LogP contribution < -0.4 is 16.0 Å². The number of nitrogens with one attached hydrogen (secondary N) is 3. The normalized spacial score (nSPS) is 22.5. The molecule has 3 amide bonds. The standard InChI is InChI=1S/C20H28ClN3O2/c21-18-9-7-17(8-10-18)19(25)22-11-14-1-3-15(4-2-14)12-23-20(26)24-13-16-5-6-16/h7-10,14-16H,1-6,11-13H2,(H,22,25)(H2,23,24,26). The van der Waals surface area contributed by atoms with E-state index in [1.807, 2.05) is 0 Å². The molecule has 0 spiro atoms. The molecule has 2 fully saturated rings. The van der Waals surface area contributed by atoms with Crippen molar-refractivity contribution in [3.05, 3.63) is 34.9 Å². The van der Waals surface area contributed by atoms with Gasteiger partial charge in [-0.3, -0.25) is 4.79 Å². The van der Waals surface area contributed by atoms with Crippen molar-refractivity contribution in [2.45, 2.75) is 38.5 Å². The molecular formula is C20H28ClN3O2. The van der Waals surface area contributed by atoms with Crippen LogP contribution in [0.25, 0.3) is 0 Å². The summed E-state index contributed by atoms with van der Waals surface area (Å²) >= 11 is 5.85. The summed E-state index contributed by atoms with van der Waals surface area (Å²) in [7, 11) is 0. The van der Waals surface area contributed by atoms with Crippen LogP contribution >= 0.6 is 11.6 Å². The number of rotatable bonds is 7. The smallest absolute Gasteiger partial charge is 0.314 e. The summed E-state index contributed by atoms with van der Waals surface area (Å²) in [5.41, 5.74) is 0.643. The first-order valence-electron chi connectivity index (χ1n) is 9.65. The van der Waals surface area contributed by atoms with Crippen LogP contribution in [-0.4, -0.2) is 31.6 Å². The highest BCUT2D eigenvalue weighted by Crippen LogP contribution is 2.28. The Hall–Kier alpha value is -1.75. The van der Waals surface area contributed by atoms with Crippen LogP contribution in [0.4, 0.5) is 4.79 Å². The van der Waals surface area contributed by atoms with Crippen molar-refractivity contribution in [1.29, 1.82) is 0 Å². The number of amides is 3. The van der Waals surface area contributed by atoms with E-state index in [1.165, 1.54) is 12.8 Å². The van der Waals surface area contributed by atoms with Crippen molar-refractivity contribution in [2.75, 3.05) is 19.6 Å². The van der Waals surface area contributed by atoms with Crippen molar-refractivity contribution >= 4 is 23.5 Å². The lowest BCUT2D eigenvalue weighted by Gasteiger charge is -2.28. The molecule has 0 heterocycles. The van der Waals surface area contributed by atoms with Crippen LogP contribution in [0.1, 0.15) is 48.9 Å². The summed E-state index contributed by atoms with van der Waals surface area (Å²) in [4.78, 5) is 23.9. The third kappa shape index (κ3) is 6.20. The molecule has 0 atom stereocenters. The SMILES string of the molecule is O=C(NCC1CC1)NCC1CCC(CNC(=O)c2ccc(Cl)cc2)CC1. The number of carbonyl (C=O) groups is 2. The number of hydrogen-bond acceptors (Lipinski definition) is 2. The molecule has 26 heavy (non-hydrogen) atoms. The molecule has 1 aromatic carbocycles. The van der Waals surface area contributed by atoms with Crippen molar-refractivity contribution in [3.63, 3.8) is 0 Å². The number of halogens is 1. The maximum Gasteiger partial charge on any atom is 0.314 e. The Bertz CT molecular complexity index is 608. The second-order valence-electron chi connectivity index (χ2n) is 7.64. The molecule has 2 aliphatic carbocycles. The number of hydrogen-bond donors (Lipinski definition) is 3. The number of urea groups is 1. The van der Waals surface area contributed by atoms with Crippen molar-refractivity contribution in [1.82, 2.24) is 16.0 Å². The molecule has 0 aromatic heterocycles. The predicted molar refractivity (Wildman–Crippen MR) is 103 cm³/mol. The number of benzene rings is 1. The first-order chi connectivity index (χ1) is 12.6. The Morgan fingerprint density at radius 2 is 1.19 bits per heavy atom. The number of carbonyl (C=O) groups excluding carboxylic acids is 2. The fourth-order valence-electron chi connectivity index (χ4n) is 3.44. The first kappa shape index (κ1) is 19.0. The third-order valence-electron chi connectivity index (χ3n) is 5.42. The van der Waals surface area contributed by atoms with Gasteiger partial charge >= 0.3 is 6.03 Å². The minimum atomic E-state index is -0.0437. The molecule has 2 aliphatic rings. The van der Waals surface area contributed by atoms with Gasteiger partial charge in [-0.25, -0.2) is 4.79 Å². The van der Waals surface area contributed by atoms with E-state index in [2.05, 4.69) is 16.0 Å². The Balaban J connectivity index is 1.29. The third-order valence-corrected chi connectivity index (χ3v) is 5.68. The lowest BCUT2D eigenvalue weighted by Crippen LogP contribution is -2.40. The van der Waals surface area contributed by atoms with Crippen LogP contribution in [0.15, 0.2) is 24.3 Å². The molecule has 5 nitrogen and oxygen atoms in total. The van der Waals surface area contributed by atoms with Gasteiger partial charge in [-0.15, -0.1) is 0 Å². The fraction of sp³-hybridized carbons (Fsp3) is 0.600. The Morgan fingerprint density at radius 3 is 1.65 bits per heavy atom. The van der Waals surface area contributed by atoms with E-state index in [9.17, 15) is 9.59 Å². The zero-order valence-corrected chi connectivity index (χ0v) is 15.9. The zero-order valence-electron chi connectivity index (χ0n) is 15.1. The average Bonchev–Trinajstić information content (AvgIpc) is 3.48. The van der Waals surface area contributed by atoms with Gasteiger partial charge in [-0.2, -0.15) is 0 Å². The van der Waals surface area contributed by atoms with Gasteiger partial charge < -0.3 is 16.0 Å². The van der Waals surface area contributed by atoms with Crippen LogP contribution in [-0.2, 0) is 0 Å². The molecule has 3 rings (SSSR count). The summed E-state index contributed by atoms with van der Waals surface area (Å²) in [5, 5.41) is 9.59. The van der Waals surface area contributed by atoms with Crippen LogP contribution in [0, 0.1) is 17.8 Å². The quantitative estimate of drug-likeness (QED) is 0.679. The monoisotopic (exact) mass is 377 g/mol. The summed E-state index contributed by atoms with van der Waals surface area (Å²) in [5.74, 6) is 1.73. The second kappa shape index (κ2) is 9.26. The van der Waals surface area contributed by atoms with Gasteiger partial charge in [0, 0.05) is 30.2 Å². The maximum atomic E-state index is 12.1.